The standard InChI is InChI=1S/C9H11BrFN/c10-8-3-1-7(2-4-8)9(11)5-6-12/h1-4,9H,5-6,12H2. The third-order valence-corrected chi connectivity index (χ3v) is 2.18. The lowest BCUT2D eigenvalue weighted by Gasteiger charge is -2.05. The number of nitrogens with two attached hydrogens (primary N) is 1. The van der Waals surface area contributed by atoms with Crippen LogP contribution in [0.5, 0.6) is 0 Å². The fourth-order valence-electron chi connectivity index (χ4n) is 0.985. The second-order valence-electron chi connectivity index (χ2n) is 2.60. The zero-order chi connectivity index (χ0) is 8.97. The fourth-order valence-corrected chi connectivity index (χ4v) is 1.25. The van der Waals surface area contributed by atoms with Crippen LogP contribution in [0.2, 0.25) is 0 Å². The third kappa shape index (κ3) is 2.57. The normalized spacial score (nSPS) is 12.9. The monoisotopic (exact) mass is 231 g/mol. The van der Waals surface area contributed by atoms with Gasteiger partial charge in [-0.1, -0.05) is 28.1 Å². The molecule has 1 nitrogen and oxygen atoms in total. The van der Waals surface area contributed by atoms with Crippen molar-refractivity contribution in [3.63, 3.8) is 0 Å². The molecule has 66 valence electrons. The molecule has 0 bridgehead atoms. The van der Waals surface area contributed by atoms with E-state index in [2.05, 4.69) is 15.9 Å². The Balaban J connectivity index is 2.68. The van der Waals surface area contributed by atoms with Crippen molar-refractivity contribution in [1.82, 2.24) is 0 Å². The molecule has 0 saturated heterocycles. The number of rotatable bonds is 3. The first-order valence-electron chi connectivity index (χ1n) is 3.83. The maximum absolute atomic E-state index is 13.2. The molecule has 1 rings (SSSR count). The molecule has 0 amide bonds. The molecule has 0 aliphatic heterocycles. The van der Waals surface area contributed by atoms with Crippen molar-refractivity contribution in [2.75, 3.05) is 6.54 Å². The first-order valence-corrected chi connectivity index (χ1v) is 4.63. The van der Waals surface area contributed by atoms with Crippen molar-refractivity contribution >= 4 is 15.9 Å². The van der Waals surface area contributed by atoms with Crippen molar-refractivity contribution in [1.29, 1.82) is 0 Å². The molecule has 1 atom stereocenters. The SMILES string of the molecule is NCCC(F)c1ccc(Br)cc1. The van der Waals surface area contributed by atoms with E-state index in [-0.39, 0.29) is 0 Å². The minimum absolute atomic E-state index is 0.386. The molecular weight excluding hydrogens is 221 g/mol. The molecular formula is C9H11BrFN. The Kier molecular flexibility index (Phi) is 3.69. The maximum atomic E-state index is 13.2. The van der Waals surface area contributed by atoms with Gasteiger partial charge in [-0.3, -0.25) is 0 Å². The molecule has 0 aromatic heterocycles. The van der Waals surface area contributed by atoms with Gasteiger partial charge in [0.1, 0.15) is 6.17 Å². The molecule has 1 aromatic carbocycles. The Labute approximate surface area is 79.9 Å². The van der Waals surface area contributed by atoms with Crippen LogP contribution in [0.3, 0.4) is 0 Å². The number of hydrogen-bond donors (Lipinski definition) is 1. The average molecular weight is 232 g/mol. The van der Waals surface area contributed by atoms with Crippen LogP contribution in [0, 0.1) is 0 Å². The summed E-state index contributed by atoms with van der Waals surface area (Å²) in [4.78, 5) is 0. The van der Waals surface area contributed by atoms with Gasteiger partial charge in [-0.2, -0.15) is 0 Å². The highest BCUT2D eigenvalue weighted by molar-refractivity contribution is 9.10. The molecule has 3 heteroatoms. The van der Waals surface area contributed by atoms with Crippen LogP contribution in [-0.2, 0) is 0 Å². The highest BCUT2D eigenvalue weighted by Crippen LogP contribution is 2.22. The minimum Gasteiger partial charge on any atom is -0.330 e. The van der Waals surface area contributed by atoms with Gasteiger partial charge in [0.15, 0.2) is 0 Å². The molecule has 0 radical (unpaired) electrons. The van der Waals surface area contributed by atoms with Crippen molar-refractivity contribution in [2.45, 2.75) is 12.6 Å². The van der Waals surface area contributed by atoms with Gasteiger partial charge in [-0.05, 0) is 30.7 Å². The molecule has 1 aromatic rings. The Morgan fingerprint density at radius 1 is 1.33 bits per heavy atom. The minimum atomic E-state index is -0.928. The van der Waals surface area contributed by atoms with Crippen molar-refractivity contribution in [3.05, 3.63) is 34.3 Å². The zero-order valence-electron chi connectivity index (χ0n) is 6.63. The Morgan fingerprint density at radius 2 is 1.92 bits per heavy atom. The fraction of sp³-hybridized carbons (Fsp3) is 0.333. The average Bonchev–Trinajstić information content (AvgIpc) is 2.06. The summed E-state index contributed by atoms with van der Waals surface area (Å²) < 4.78 is 14.1. The summed E-state index contributed by atoms with van der Waals surface area (Å²) >= 11 is 3.29. The summed E-state index contributed by atoms with van der Waals surface area (Å²) in [6, 6.07) is 7.20. The number of benzene rings is 1. The van der Waals surface area contributed by atoms with Crippen molar-refractivity contribution < 1.29 is 4.39 Å². The first kappa shape index (κ1) is 9.68. The molecule has 1 unspecified atom stereocenters. The van der Waals surface area contributed by atoms with Gasteiger partial charge in [0.25, 0.3) is 0 Å². The van der Waals surface area contributed by atoms with E-state index in [9.17, 15) is 4.39 Å². The quantitative estimate of drug-likeness (QED) is 0.851. The van der Waals surface area contributed by atoms with Crippen molar-refractivity contribution in [3.8, 4) is 0 Å². The van der Waals surface area contributed by atoms with Crippen LogP contribution >= 0.6 is 15.9 Å². The van der Waals surface area contributed by atoms with Crippen LogP contribution < -0.4 is 5.73 Å². The van der Waals surface area contributed by atoms with Crippen LogP contribution in [0.15, 0.2) is 28.7 Å². The maximum Gasteiger partial charge on any atom is 0.126 e. The Hall–Kier alpha value is -0.410. The van der Waals surface area contributed by atoms with E-state index in [1.165, 1.54) is 0 Å². The van der Waals surface area contributed by atoms with E-state index in [0.29, 0.717) is 18.5 Å². The lowest BCUT2D eigenvalue weighted by atomic mass is 10.1. The molecule has 2 N–H and O–H groups in total. The van der Waals surface area contributed by atoms with E-state index < -0.39 is 6.17 Å². The summed E-state index contributed by atoms with van der Waals surface area (Å²) in [5, 5.41) is 0. The Morgan fingerprint density at radius 3 is 2.42 bits per heavy atom. The summed E-state index contributed by atoms with van der Waals surface area (Å²) in [6.07, 6.45) is -0.537. The van der Waals surface area contributed by atoms with Gasteiger partial charge in [-0.25, -0.2) is 4.39 Å². The van der Waals surface area contributed by atoms with E-state index >= 15 is 0 Å². The number of hydrogen-bond acceptors (Lipinski definition) is 1. The molecule has 0 aliphatic carbocycles. The summed E-state index contributed by atoms with van der Waals surface area (Å²) in [7, 11) is 0. The van der Waals surface area contributed by atoms with Crippen LogP contribution in [-0.4, -0.2) is 6.54 Å². The lowest BCUT2D eigenvalue weighted by Crippen LogP contribution is -2.03. The zero-order valence-corrected chi connectivity index (χ0v) is 8.22. The van der Waals surface area contributed by atoms with Gasteiger partial charge < -0.3 is 5.73 Å². The third-order valence-electron chi connectivity index (χ3n) is 1.65. The smallest absolute Gasteiger partial charge is 0.126 e. The summed E-state index contributed by atoms with van der Waals surface area (Å²) in [5.41, 5.74) is 5.95. The van der Waals surface area contributed by atoms with Gasteiger partial charge in [-0.15, -0.1) is 0 Å². The molecule has 0 heterocycles. The van der Waals surface area contributed by atoms with Gasteiger partial charge >= 0.3 is 0 Å². The highest BCUT2D eigenvalue weighted by Gasteiger charge is 2.07. The van der Waals surface area contributed by atoms with Crippen LogP contribution in [0.25, 0.3) is 0 Å². The molecule has 12 heavy (non-hydrogen) atoms. The van der Waals surface area contributed by atoms with E-state index in [0.717, 1.165) is 4.47 Å². The largest absolute Gasteiger partial charge is 0.330 e. The highest BCUT2D eigenvalue weighted by atomic mass is 79.9. The van der Waals surface area contributed by atoms with E-state index in [1.807, 2.05) is 12.1 Å². The van der Waals surface area contributed by atoms with Gasteiger partial charge in [0.05, 0.1) is 0 Å². The second kappa shape index (κ2) is 4.58. The second-order valence-corrected chi connectivity index (χ2v) is 3.51. The summed E-state index contributed by atoms with van der Waals surface area (Å²) in [6.45, 7) is 0.386. The van der Waals surface area contributed by atoms with Gasteiger partial charge in [0.2, 0.25) is 0 Å². The summed E-state index contributed by atoms with van der Waals surface area (Å²) in [5.74, 6) is 0. The predicted molar refractivity (Wildman–Crippen MR) is 51.7 cm³/mol. The molecule has 0 aliphatic rings. The first-order chi connectivity index (χ1) is 5.74. The Bertz CT molecular complexity index is 235. The molecule has 0 fully saturated rings. The van der Waals surface area contributed by atoms with E-state index in [1.54, 1.807) is 12.1 Å². The van der Waals surface area contributed by atoms with Crippen molar-refractivity contribution in [2.24, 2.45) is 5.73 Å². The van der Waals surface area contributed by atoms with Crippen LogP contribution in [0.1, 0.15) is 18.2 Å². The lowest BCUT2D eigenvalue weighted by molar-refractivity contribution is 0.327. The van der Waals surface area contributed by atoms with E-state index in [4.69, 9.17) is 5.73 Å². The topological polar surface area (TPSA) is 26.0 Å². The van der Waals surface area contributed by atoms with Crippen LogP contribution in [0.4, 0.5) is 4.39 Å². The molecule has 0 saturated carbocycles. The number of halogens is 2. The van der Waals surface area contributed by atoms with Gasteiger partial charge in [0, 0.05) is 4.47 Å². The predicted octanol–water partition coefficient (Wildman–Crippen LogP) is 2.81. The number of alkyl halides is 1. The molecule has 0 spiro atoms.